The van der Waals surface area contributed by atoms with Crippen molar-refractivity contribution < 1.29 is 0 Å². The van der Waals surface area contributed by atoms with Crippen LogP contribution in [0, 0.1) is 0 Å². The number of para-hydroxylation sites is 3. The van der Waals surface area contributed by atoms with Crippen LogP contribution in [-0.4, -0.2) is 0 Å². The van der Waals surface area contributed by atoms with Gasteiger partial charge in [0.2, 0.25) is 0 Å². The second-order valence-electron chi connectivity index (χ2n) is 20.0. The molecule has 1 aliphatic heterocycles. The number of benzene rings is 11. The van der Waals surface area contributed by atoms with Gasteiger partial charge in [0.25, 0.3) is 0 Å². The molecule has 0 amide bonds. The predicted octanol–water partition coefficient (Wildman–Crippen LogP) is 18.6. The van der Waals surface area contributed by atoms with Crippen molar-refractivity contribution in [2.45, 2.75) is 24.7 Å². The van der Waals surface area contributed by atoms with E-state index >= 15 is 0 Å². The Morgan fingerprint density at radius 3 is 1.39 bits per heavy atom. The normalized spacial score (nSPS) is 13.9. The van der Waals surface area contributed by atoms with Crippen molar-refractivity contribution in [3.63, 3.8) is 0 Å². The molecular weight excluding hydrogens is 869 g/mol. The van der Waals surface area contributed by atoms with E-state index < -0.39 is 5.41 Å². The molecule has 0 bridgehead atoms. The average Bonchev–Trinajstić information content (AvgIpc) is 3.87. The maximum Gasteiger partial charge on any atom is 0.0755 e. The summed E-state index contributed by atoms with van der Waals surface area (Å²) >= 11 is 0. The lowest BCUT2D eigenvalue weighted by molar-refractivity contribution is 0.660. The van der Waals surface area contributed by atoms with Gasteiger partial charge < -0.3 is 9.80 Å². The van der Waals surface area contributed by atoms with E-state index in [2.05, 4.69) is 291 Å². The topological polar surface area (TPSA) is 6.48 Å². The first kappa shape index (κ1) is 41.9. The van der Waals surface area contributed by atoms with E-state index in [-0.39, 0.29) is 5.41 Å². The lowest BCUT2D eigenvalue weighted by Crippen LogP contribution is -2.36. The van der Waals surface area contributed by atoms with Crippen LogP contribution in [0.5, 0.6) is 0 Å². The Balaban J connectivity index is 0.893. The zero-order valence-corrected chi connectivity index (χ0v) is 40.3. The molecule has 3 aliphatic rings. The number of hydrogen-bond donors (Lipinski definition) is 0. The number of nitrogens with zero attached hydrogens (tertiary/aromatic N) is 2. The zero-order valence-electron chi connectivity index (χ0n) is 40.3. The number of rotatable bonds is 7. The van der Waals surface area contributed by atoms with Crippen molar-refractivity contribution in [1.29, 1.82) is 0 Å². The second-order valence-corrected chi connectivity index (χ2v) is 20.0. The molecule has 1 spiro atoms. The summed E-state index contributed by atoms with van der Waals surface area (Å²) in [7, 11) is 0. The van der Waals surface area contributed by atoms with Crippen LogP contribution in [0.3, 0.4) is 0 Å². The molecule has 0 saturated heterocycles. The van der Waals surface area contributed by atoms with Crippen molar-refractivity contribution in [1.82, 2.24) is 0 Å². The Bertz CT molecular complexity index is 3840. The molecule has 11 aromatic rings. The molecule has 2 aliphatic carbocycles. The molecule has 0 atom stereocenters. The molecule has 14 rings (SSSR count). The molecular formula is C70H50N2. The van der Waals surface area contributed by atoms with Crippen LogP contribution in [0.1, 0.15) is 47.2 Å². The monoisotopic (exact) mass is 918 g/mol. The Morgan fingerprint density at radius 2 is 0.708 bits per heavy atom. The maximum absolute atomic E-state index is 2.49. The lowest BCUT2D eigenvalue weighted by Gasteiger charge is -2.45. The van der Waals surface area contributed by atoms with Gasteiger partial charge in [-0.3, -0.25) is 0 Å². The molecule has 0 N–H and O–H groups in total. The van der Waals surface area contributed by atoms with Crippen LogP contribution in [0.2, 0.25) is 0 Å². The number of anilines is 6. The minimum Gasteiger partial charge on any atom is -0.310 e. The maximum atomic E-state index is 2.49. The lowest BCUT2D eigenvalue weighted by atomic mass is 9.64. The Labute approximate surface area is 422 Å². The van der Waals surface area contributed by atoms with Crippen LogP contribution in [-0.2, 0) is 10.8 Å². The van der Waals surface area contributed by atoms with Crippen molar-refractivity contribution in [2.24, 2.45) is 0 Å². The van der Waals surface area contributed by atoms with Crippen LogP contribution >= 0.6 is 0 Å². The predicted molar refractivity (Wildman–Crippen MR) is 301 cm³/mol. The van der Waals surface area contributed by atoms with Crippen LogP contribution in [0.15, 0.2) is 267 Å². The average molecular weight is 919 g/mol. The van der Waals surface area contributed by atoms with Gasteiger partial charge in [-0.1, -0.05) is 214 Å². The third kappa shape index (κ3) is 6.28. The van der Waals surface area contributed by atoms with E-state index in [0.29, 0.717) is 0 Å². The highest BCUT2D eigenvalue weighted by molar-refractivity contribution is 5.97. The van der Waals surface area contributed by atoms with Gasteiger partial charge in [0.15, 0.2) is 0 Å². The smallest absolute Gasteiger partial charge is 0.0755 e. The summed E-state index contributed by atoms with van der Waals surface area (Å²) in [6.07, 6.45) is 0. The minimum atomic E-state index is -0.574. The van der Waals surface area contributed by atoms with Gasteiger partial charge in [0.1, 0.15) is 0 Å². The first-order valence-corrected chi connectivity index (χ1v) is 25.2. The van der Waals surface area contributed by atoms with Gasteiger partial charge in [-0.25, -0.2) is 0 Å². The van der Waals surface area contributed by atoms with E-state index in [4.69, 9.17) is 0 Å². The number of hydrogen-bond acceptors (Lipinski definition) is 2. The van der Waals surface area contributed by atoms with E-state index in [1.807, 2.05) is 0 Å². The fraction of sp³-hybridized carbons (Fsp3) is 0.0571. The van der Waals surface area contributed by atoms with Crippen molar-refractivity contribution in [2.75, 3.05) is 9.80 Å². The third-order valence-electron chi connectivity index (χ3n) is 15.9. The van der Waals surface area contributed by atoms with Gasteiger partial charge in [-0.15, -0.1) is 0 Å². The SMILES string of the molecule is CC1(C)c2ccccc2-c2ccc(-c3ccc(-c4ccc(N(c5cccc(-c6ccccc6)c5)c5ccc6c(c5)C5(c7ccccc7-6)c6ccccc6N(c6ccccc6)c6ccccc65)cc4)cc3)cc21. The van der Waals surface area contributed by atoms with Gasteiger partial charge in [-0.2, -0.15) is 0 Å². The molecule has 1 heterocycles. The largest absolute Gasteiger partial charge is 0.310 e. The molecule has 340 valence electrons. The molecule has 0 saturated carbocycles. The van der Waals surface area contributed by atoms with E-state index in [1.54, 1.807) is 0 Å². The van der Waals surface area contributed by atoms with Crippen LogP contribution in [0.25, 0.3) is 55.6 Å². The van der Waals surface area contributed by atoms with E-state index in [1.165, 1.54) is 100 Å². The summed E-state index contributed by atoms with van der Waals surface area (Å²) in [6.45, 7) is 4.70. The van der Waals surface area contributed by atoms with Gasteiger partial charge in [0.05, 0.1) is 16.8 Å². The summed E-state index contributed by atoms with van der Waals surface area (Å²) in [6, 6.07) is 99.0. The van der Waals surface area contributed by atoms with Crippen molar-refractivity contribution in [3.8, 4) is 55.6 Å². The van der Waals surface area contributed by atoms with Gasteiger partial charge >= 0.3 is 0 Å². The highest BCUT2D eigenvalue weighted by Gasteiger charge is 2.52. The van der Waals surface area contributed by atoms with Crippen LogP contribution < -0.4 is 9.80 Å². The minimum absolute atomic E-state index is 0.0379. The molecule has 0 aromatic heterocycles. The number of fused-ring (bicyclic) bond motifs is 12. The Hall–Kier alpha value is -8.98. The van der Waals surface area contributed by atoms with E-state index in [9.17, 15) is 0 Å². The zero-order chi connectivity index (χ0) is 48.0. The molecule has 0 fully saturated rings. The summed E-state index contributed by atoms with van der Waals surface area (Å²) in [4.78, 5) is 4.89. The van der Waals surface area contributed by atoms with Crippen LogP contribution in [0.4, 0.5) is 34.1 Å². The Kier molecular flexibility index (Phi) is 9.50. The second kappa shape index (κ2) is 16.3. The molecule has 0 unspecified atom stereocenters. The van der Waals surface area contributed by atoms with Gasteiger partial charge in [0, 0.05) is 28.2 Å². The standard InChI is InChI=1S/C70H50N2/c1-69(2)61-26-11-9-24-57(61)59-42-38-52(45-65(59)69)50-34-32-48(33-35-50)49-36-39-54(40-37-49)71(55-23-17-20-51(44-55)47-18-5-3-6-19-47)56-41-43-60-58-25-10-12-27-62(58)70(66(60)46-56)63-28-13-15-30-67(63)72(53-21-7-4-8-22-53)68-31-16-14-29-64(68)70/h3-46H,1-2H3. The third-order valence-corrected chi connectivity index (χ3v) is 15.9. The Morgan fingerprint density at radius 1 is 0.278 bits per heavy atom. The summed E-state index contributed by atoms with van der Waals surface area (Å²) < 4.78 is 0. The molecule has 2 nitrogen and oxygen atoms in total. The summed E-state index contributed by atoms with van der Waals surface area (Å²) in [5.74, 6) is 0. The fourth-order valence-corrected chi connectivity index (χ4v) is 12.5. The summed E-state index contributed by atoms with van der Waals surface area (Å²) in [5, 5.41) is 0. The fourth-order valence-electron chi connectivity index (χ4n) is 12.5. The molecule has 0 radical (unpaired) electrons. The molecule has 2 heteroatoms. The first-order valence-electron chi connectivity index (χ1n) is 25.2. The molecule has 11 aromatic carbocycles. The highest BCUT2D eigenvalue weighted by Crippen LogP contribution is 2.64. The highest BCUT2D eigenvalue weighted by atomic mass is 15.2. The molecule has 72 heavy (non-hydrogen) atoms. The van der Waals surface area contributed by atoms with Crippen molar-refractivity contribution >= 4 is 34.1 Å². The van der Waals surface area contributed by atoms with Gasteiger partial charge in [-0.05, 0) is 156 Å². The van der Waals surface area contributed by atoms with Crippen molar-refractivity contribution in [3.05, 3.63) is 300 Å². The van der Waals surface area contributed by atoms with E-state index in [0.717, 1.165) is 22.7 Å². The summed E-state index contributed by atoms with van der Waals surface area (Å²) in [5.41, 5.74) is 26.6. The quantitative estimate of drug-likeness (QED) is 0.157. The first-order chi connectivity index (χ1) is 35.5.